The van der Waals surface area contributed by atoms with Gasteiger partial charge in [0.05, 0.1) is 22.5 Å². The number of rotatable bonds is 9. The van der Waals surface area contributed by atoms with Crippen molar-refractivity contribution in [3.8, 4) is 11.6 Å². The maximum atomic E-state index is 13.5. The SMILES string of the molecule is CCP(=O)(OCCOC(=O)C(C)(C)C)c1cc(Oc2ncc(C(F)(F)F)cc2Cl)ccc1[N+](=O)[O-]. The first-order chi connectivity index (χ1) is 16.1. The van der Waals surface area contributed by atoms with Crippen LogP contribution >= 0.6 is 19.0 Å². The molecule has 0 N–H and O–H groups in total. The second kappa shape index (κ2) is 10.9. The lowest BCUT2D eigenvalue weighted by Gasteiger charge is -2.20. The van der Waals surface area contributed by atoms with Crippen molar-refractivity contribution in [3.63, 3.8) is 0 Å². The standard InChI is InChI=1S/C21H23ClF3N2O7P/c1-5-35(31,33-9-8-32-19(28)20(2,3)4)17-11-14(6-7-16(17)27(29)30)34-18-15(22)10-13(12-26-18)21(23,24)25/h6-7,10-12H,5,8-9H2,1-4H3. The minimum atomic E-state index is -4.66. The molecule has 0 amide bonds. The summed E-state index contributed by atoms with van der Waals surface area (Å²) in [4.78, 5) is 26.2. The molecule has 1 aromatic heterocycles. The predicted molar refractivity (Wildman–Crippen MR) is 122 cm³/mol. The molecule has 1 unspecified atom stereocenters. The number of carbonyl (C=O) groups excluding carboxylic acids is 1. The first-order valence-corrected chi connectivity index (χ1v) is 12.4. The molecule has 0 saturated carbocycles. The zero-order chi connectivity index (χ0) is 26.6. The van der Waals surface area contributed by atoms with Gasteiger partial charge < -0.3 is 14.0 Å². The number of pyridine rings is 1. The molecule has 1 heterocycles. The van der Waals surface area contributed by atoms with Crippen LogP contribution in [0.15, 0.2) is 30.5 Å². The van der Waals surface area contributed by atoms with Crippen LogP contribution in [0.1, 0.15) is 33.3 Å². The minimum absolute atomic E-state index is 0.115. The van der Waals surface area contributed by atoms with Crippen LogP contribution < -0.4 is 10.0 Å². The Labute approximate surface area is 204 Å². The van der Waals surface area contributed by atoms with Gasteiger partial charge in [0, 0.05) is 24.5 Å². The van der Waals surface area contributed by atoms with E-state index in [1.165, 1.54) is 6.92 Å². The predicted octanol–water partition coefficient (Wildman–Crippen LogP) is 5.98. The molecule has 14 heteroatoms. The Balaban J connectivity index is 2.31. The molecule has 2 rings (SSSR count). The van der Waals surface area contributed by atoms with E-state index in [-0.39, 0.29) is 36.3 Å². The van der Waals surface area contributed by atoms with Crippen LogP contribution in [0.3, 0.4) is 0 Å². The van der Waals surface area contributed by atoms with Crippen molar-refractivity contribution in [2.24, 2.45) is 5.41 Å². The Bertz CT molecular complexity index is 1150. The molecule has 0 bridgehead atoms. The van der Waals surface area contributed by atoms with Crippen molar-refractivity contribution < 1.29 is 41.5 Å². The van der Waals surface area contributed by atoms with Gasteiger partial charge in [0.25, 0.3) is 5.69 Å². The average molecular weight is 539 g/mol. The second-order valence-corrected chi connectivity index (χ2v) is 11.4. The lowest BCUT2D eigenvalue weighted by molar-refractivity contribution is -0.383. The molecule has 2 aromatic rings. The van der Waals surface area contributed by atoms with E-state index in [0.717, 1.165) is 18.2 Å². The topological polar surface area (TPSA) is 118 Å². The molecule has 1 atom stereocenters. The Hall–Kier alpha value is -2.69. The number of esters is 1. The molecule has 0 aliphatic carbocycles. The van der Waals surface area contributed by atoms with Crippen molar-refractivity contribution in [2.45, 2.75) is 33.9 Å². The normalized spacial score (nSPS) is 13.7. The van der Waals surface area contributed by atoms with Crippen LogP contribution in [0.4, 0.5) is 18.9 Å². The third-order valence-electron chi connectivity index (χ3n) is 4.50. The molecule has 9 nitrogen and oxygen atoms in total. The van der Waals surface area contributed by atoms with Gasteiger partial charge in [-0.3, -0.25) is 19.5 Å². The summed E-state index contributed by atoms with van der Waals surface area (Å²) in [5.74, 6) is -1.01. The lowest BCUT2D eigenvalue weighted by Crippen LogP contribution is -2.24. The highest BCUT2D eigenvalue weighted by Gasteiger charge is 2.34. The van der Waals surface area contributed by atoms with E-state index in [9.17, 15) is 32.6 Å². The molecule has 0 aliphatic rings. The van der Waals surface area contributed by atoms with Gasteiger partial charge >= 0.3 is 12.1 Å². The van der Waals surface area contributed by atoms with Gasteiger partial charge in [-0.05, 0) is 32.9 Å². The Morgan fingerprint density at radius 3 is 2.37 bits per heavy atom. The number of nitro benzene ring substituents is 1. The zero-order valence-electron chi connectivity index (χ0n) is 19.2. The highest BCUT2D eigenvalue weighted by atomic mass is 35.5. The summed E-state index contributed by atoms with van der Waals surface area (Å²) in [5.41, 5.74) is -2.36. The van der Waals surface area contributed by atoms with Crippen molar-refractivity contribution in [1.82, 2.24) is 4.98 Å². The number of aromatic nitrogens is 1. The van der Waals surface area contributed by atoms with Crippen LogP contribution in [0.2, 0.25) is 5.02 Å². The monoisotopic (exact) mass is 538 g/mol. The van der Waals surface area contributed by atoms with Crippen molar-refractivity contribution in [1.29, 1.82) is 0 Å². The highest BCUT2D eigenvalue weighted by molar-refractivity contribution is 7.67. The van der Waals surface area contributed by atoms with Crippen LogP contribution in [0.5, 0.6) is 11.6 Å². The summed E-state index contributed by atoms with van der Waals surface area (Å²) in [6, 6.07) is 3.88. The van der Waals surface area contributed by atoms with Crippen molar-refractivity contribution >= 4 is 35.9 Å². The summed E-state index contributed by atoms with van der Waals surface area (Å²) in [7, 11) is -3.83. The third-order valence-corrected chi connectivity index (χ3v) is 7.30. The molecule has 35 heavy (non-hydrogen) atoms. The maximum absolute atomic E-state index is 13.5. The van der Waals surface area contributed by atoms with Gasteiger partial charge in [-0.15, -0.1) is 0 Å². The zero-order valence-corrected chi connectivity index (χ0v) is 20.9. The number of alkyl halides is 3. The van der Waals surface area contributed by atoms with E-state index >= 15 is 0 Å². The molecule has 0 fully saturated rings. The number of hydrogen-bond acceptors (Lipinski definition) is 8. The fraction of sp³-hybridized carbons (Fsp3) is 0.429. The van der Waals surface area contributed by atoms with E-state index in [1.54, 1.807) is 20.8 Å². The van der Waals surface area contributed by atoms with Gasteiger partial charge in [-0.25, -0.2) is 4.98 Å². The van der Waals surface area contributed by atoms with E-state index in [1.807, 2.05) is 0 Å². The number of hydrogen-bond donors (Lipinski definition) is 0. The molecule has 0 radical (unpaired) electrons. The second-order valence-electron chi connectivity index (χ2n) is 8.23. The lowest BCUT2D eigenvalue weighted by atomic mass is 9.97. The molecule has 0 spiro atoms. The summed E-state index contributed by atoms with van der Waals surface area (Å²) < 4.78 is 67.9. The molecular formula is C21H23ClF3N2O7P. The number of nitrogens with zero attached hydrogens (tertiary/aromatic N) is 2. The van der Waals surface area contributed by atoms with Gasteiger partial charge in [0.1, 0.15) is 22.7 Å². The average Bonchev–Trinajstić information content (AvgIpc) is 2.76. The summed E-state index contributed by atoms with van der Waals surface area (Å²) >= 11 is 5.85. The quantitative estimate of drug-likeness (QED) is 0.126. The van der Waals surface area contributed by atoms with E-state index in [4.69, 9.17) is 25.6 Å². The summed E-state index contributed by atoms with van der Waals surface area (Å²) in [5, 5.41) is 10.8. The minimum Gasteiger partial charge on any atom is -0.463 e. The Morgan fingerprint density at radius 2 is 1.86 bits per heavy atom. The van der Waals surface area contributed by atoms with Gasteiger partial charge in [-0.2, -0.15) is 13.2 Å². The molecule has 192 valence electrons. The first kappa shape index (κ1) is 28.5. The van der Waals surface area contributed by atoms with Crippen LogP contribution in [0, 0.1) is 15.5 Å². The fourth-order valence-electron chi connectivity index (χ4n) is 2.63. The smallest absolute Gasteiger partial charge is 0.417 e. The Kier molecular flexibility index (Phi) is 8.91. The number of benzene rings is 1. The largest absolute Gasteiger partial charge is 0.463 e. The molecule has 0 saturated heterocycles. The maximum Gasteiger partial charge on any atom is 0.417 e. The van der Waals surface area contributed by atoms with Crippen molar-refractivity contribution in [2.75, 3.05) is 19.4 Å². The number of nitro groups is 1. The van der Waals surface area contributed by atoms with Crippen LogP contribution in [-0.2, 0) is 24.8 Å². The van der Waals surface area contributed by atoms with Gasteiger partial charge in [0.15, 0.2) is 0 Å². The van der Waals surface area contributed by atoms with E-state index in [2.05, 4.69) is 4.98 Å². The van der Waals surface area contributed by atoms with Crippen LogP contribution in [0.25, 0.3) is 0 Å². The van der Waals surface area contributed by atoms with Crippen molar-refractivity contribution in [3.05, 3.63) is 51.2 Å². The van der Waals surface area contributed by atoms with Crippen LogP contribution in [-0.4, -0.2) is 35.3 Å². The Morgan fingerprint density at radius 1 is 1.20 bits per heavy atom. The van der Waals surface area contributed by atoms with Gasteiger partial charge in [0.2, 0.25) is 13.2 Å². The number of ether oxygens (including phenoxy) is 2. The summed E-state index contributed by atoms with van der Waals surface area (Å²) in [6.45, 7) is 5.93. The fourth-order valence-corrected chi connectivity index (χ4v) is 4.69. The third kappa shape index (κ3) is 7.39. The van der Waals surface area contributed by atoms with Gasteiger partial charge in [-0.1, -0.05) is 18.5 Å². The first-order valence-electron chi connectivity index (χ1n) is 10.2. The van der Waals surface area contributed by atoms with E-state index in [0.29, 0.717) is 12.3 Å². The molecule has 1 aromatic carbocycles. The van der Waals surface area contributed by atoms with E-state index < -0.39 is 46.1 Å². The molecule has 0 aliphatic heterocycles. The summed E-state index contributed by atoms with van der Waals surface area (Å²) in [6.07, 6.45) is -4.28. The number of halogens is 4. The number of carbonyl (C=O) groups is 1. The highest BCUT2D eigenvalue weighted by Crippen LogP contribution is 2.48. The molecular weight excluding hydrogens is 516 g/mol.